The standard InChI is InChI=1S/C20H19P.C7H9NO3/c1-2-21(18-12-6-3-7-13-18,19-14-8-4-9-15-19)20-16-10-5-11-17-20;9-5-6-2-1-3-7(4-6)8(10)11/h2-17H,1H3;2,5,7H,1,3-4H2. The number of carbonyl (C=O) groups is 1. The van der Waals surface area contributed by atoms with E-state index >= 15 is 0 Å². The number of aldehydes is 1. The van der Waals surface area contributed by atoms with E-state index in [4.69, 9.17) is 0 Å². The lowest BCUT2D eigenvalue weighted by Gasteiger charge is -2.28. The zero-order valence-electron chi connectivity index (χ0n) is 18.2. The van der Waals surface area contributed by atoms with E-state index in [2.05, 4.69) is 104 Å². The lowest BCUT2D eigenvalue weighted by molar-refractivity contribution is -0.523. The van der Waals surface area contributed by atoms with Gasteiger partial charge in [-0.3, -0.25) is 14.9 Å². The predicted octanol–water partition coefficient (Wildman–Crippen LogP) is 4.74. The van der Waals surface area contributed by atoms with Crippen LogP contribution in [0.1, 0.15) is 26.2 Å². The SMILES string of the molecule is CC=P(c1ccccc1)(c1ccccc1)c1ccccc1.O=CC1=CCCC([N+](=O)[O-])C1. The Morgan fingerprint density at radius 3 is 1.62 bits per heavy atom. The van der Waals surface area contributed by atoms with Crippen molar-refractivity contribution in [2.24, 2.45) is 0 Å². The van der Waals surface area contributed by atoms with E-state index in [1.165, 1.54) is 15.9 Å². The van der Waals surface area contributed by atoms with E-state index in [-0.39, 0.29) is 4.92 Å². The van der Waals surface area contributed by atoms with Gasteiger partial charge in [-0.15, -0.1) is 0 Å². The molecule has 0 N–H and O–H groups in total. The summed E-state index contributed by atoms with van der Waals surface area (Å²) in [5.41, 5.74) is 0.568. The van der Waals surface area contributed by atoms with Gasteiger partial charge in [0.2, 0.25) is 6.04 Å². The van der Waals surface area contributed by atoms with Gasteiger partial charge < -0.3 is 0 Å². The molecule has 1 atom stereocenters. The van der Waals surface area contributed by atoms with Gasteiger partial charge in [-0.1, -0.05) is 103 Å². The molecule has 1 unspecified atom stereocenters. The van der Waals surface area contributed by atoms with Crippen LogP contribution in [0.4, 0.5) is 0 Å². The molecule has 0 aromatic heterocycles. The van der Waals surface area contributed by atoms with Crippen molar-refractivity contribution in [2.45, 2.75) is 32.2 Å². The Kier molecular flexibility index (Phi) is 8.35. The monoisotopic (exact) mass is 445 g/mol. The summed E-state index contributed by atoms with van der Waals surface area (Å²) in [6.45, 7) is 0.536. The Morgan fingerprint density at radius 2 is 1.28 bits per heavy atom. The van der Waals surface area contributed by atoms with Crippen LogP contribution in [-0.4, -0.2) is 23.0 Å². The summed E-state index contributed by atoms with van der Waals surface area (Å²) >= 11 is 0. The second-order valence-corrected chi connectivity index (χ2v) is 11.1. The van der Waals surface area contributed by atoms with E-state index in [1.807, 2.05) is 0 Å². The molecular weight excluding hydrogens is 417 g/mol. The maximum atomic E-state index is 10.3. The van der Waals surface area contributed by atoms with Crippen molar-refractivity contribution in [3.63, 3.8) is 0 Å². The van der Waals surface area contributed by atoms with Crippen molar-refractivity contribution in [3.8, 4) is 0 Å². The fraction of sp³-hybridized carbons (Fsp3) is 0.185. The van der Waals surface area contributed by atoms with Crippen LogP contribution in [0, 0.1) is 10.1 Å². The summed E-state index contributed by atoms with van der Waals surface area (Å²) < 4.78 is 0. The molecule has 1 aliphatic rings. The van der Waals surface area contributed by atoms with E-state index in [1.54, 1.807) is 6.08 Å². The van der Waals surface area contributed by atoms with E-state index in [9.17, 15) is 14.9 Å². The van der Waals surface area contributed by atoms with Crippen molar-refractivity contribution < 1.29 is 9.72 Å². The largest absolute Gasteiger partial charge is 0.298 e. The minimum atomic E-state index is -1.66. The van der Waals surface area contributed by atoms with Gasteiger partial charge in [0.05, 0.1) is 0 Å². The number of nitrogens with zero attached hydrogens (tertiary/aromatic N) is 1. The van der Waals surface area contributed by atoms with Crippen molar-refractivity contribution >= 4 is 34.9 Å². The first-order chi connectivity index (χ1) is 15.6. The quantitative estimate of drug-likeness (QED) is 0.247. The number of hydrogen-bond acceptors (Lipinski definition) is 3. The van der Waals surface area contributed by atoms with E-state index in [0.29, 0.717) is 31.1 Å². The summed E-state index contributed by atoms with van der Waals surface area (Å²) in [6.07, 6.45) is 3.99. The lowest BCUT2D eigenvalue weighted by Crippen LogP contribution is -2.26. The Hall–Kier alpha value is -3.23. The molecule has 4 nitrogen and oxygen atoms in total. The minimum Gasteiger partial charge on any atom is -0.298 e. The first-order valence-electron chi connectivity index (χ1n) is 10.8. The molecule has 3 aromatic carbocycles. The fourth-order valence-electron chi connectivity index (χ4n) is 4.08. The third-order valence-electron chi connectivity index (χ3n) is 5.70. The molecule has 3 aromatic rings. The Bertz CT molecular complexity index is 1010. The molecule has 0 saturated heterocycles. The molecule has 32 heavy (non-hydrogen) atoms. The van der Waals surface area contributed by atoms with Gasteiger partial charge in [-0.25, -0.2) is 0 Å². The van der Waals surface area contributed by atoms with Crippen LogP contribution in [-0.2, 0) is 4.79 Å². The molecule has 0 bridgehead atoms. The summed E-state index contributed by atoms with van der Waals surface area (Å²) in [5, 5.41) is 14.5. The molecule has 1 aliphatic carbocycles. The topological polar surface area (TPSA) is 60.2 Å². The van der Waals surface area contributed by atoms with Gasteiger partial charge in [0.1, 0.15) is 6.29 Å². The molecular formula is C27H28NO3P. The second-order valence-electron chi connectivity index (χ2n) is 7.61. The summed E-state index contributed by atoms with van der Waals surface area (Å²) in [6, 6.07) is 32.1. The van der Waals surface area contributed by atoms with Crippen molar-refractivity contribution in [3.05, 3.63) is 113 Å². The molecule has 0 spiro atoms. The highest BCUT2D eigenvalue weighted by Gasteiger charge is 2.24. The maximum absolute atomic E-state index is 10.3. The highest BCUT2D eigenvalue weighted by molar-refractivity contribution is 7.94. The number of hydrogen-bond donors (Lipinski definition) is 0. The fourth-order valence-corrected chi connectivity index (χ4v) is 7.79. The van der Waals surface area contributed by atoms with Gasteiger partial charge in [0.25, 0.3) is 0 Å². The molecule has 0 amide bonds. The van der Waals surface area contributed by atoms with Crippen LogP contribution < -0.4 is 15.9 Å². The zero-order chi connectivity index (χ0) is 22.8. The smallest absolute Gasteiger partial charge is 0.217 e. The zero-order valence-corrected chi connectivity index (χ0v) is 19.1. The van der Waals surface area contributed by atoms with Crippen LogP contribution in [0.5, 0.6) is 0 Å². The number of nitro groups is 1. The summed E-state index contributed by atoms with van der Waals surface area (Å²) in [4.78, 5) is 20.2. The van der Waals surface area contributed by atoms with Crippen molar-refractivity contribution in [1.82, 2.24) is 0 Å². The molecule has 5 heteroatoms. The van der Waals surface area contributed by atoms with Crippen molar-refractivity contribution in [1.29, 1.82) is 0 Å². The van der Waals surface area contributed by atoms with Crippen LogP contribution in [0.3, 0.4) is 0 Å². The Labute approximate surface area is 189 Å². The molecule has 0 saturated carbocycles. The minimum absolute atomic E-state index is 0.302. The van der Waals surface area contributed by atoms with Gasteiger partial charge in [0, 0.05) is 17.8 Å². The molecule has 0 aliphatic heterocycles. The average molecular weight is 445 g/mol. The van der Waals surface area contributed by atoms with Crippen LogP contribution >= 0.6 is 6.89 Å². The first-order valence-corrected chi connectivity index (χ1v) is 12.6. The van der Waals surface area contributed by atoms with Crippen LogP contribution in [0.15, 0.2) is 103 Å². The average Bonchev–Trinajstić information content (AvgIpc) is 2.87. The third-order valence-corrected chi connectivity index (χ3v) is 9.82. The van der Waals surface area contributed by atoms with Gasteiger partial charge in [-0.2, -0.15) is 0 Å². The highest BCUT2D eigenvalue weighted by atomic mass is 31.2. The lowest BCUT2D eigenvalue weighted by atomic mass is 9.96. The highest BCUT2D eigenvalue weighted by Crippen LogP contribution is 2.43. The molecule has 0 heterocycles. The van der Waals surface area contributed by atoms with E-state index in [0.717, 1.165) is 0 Å². The van der Waals surface area contributed by atoms with Crippen LogP contribution in [0.2, 0.25) is 0 Å². The Morgan fingerprint density at radius 1 is 0.844 bits per heavy atom. The number of carbonyl (C=O) groups excluding carboxylic acids is 1. The molecule has 0 radical (unpaired) electrons. The predicted molar refractivity (Wildman–Crippen MR) is 136 cm³/mol. The second kappa shape index (κ2) is 11.4. The Balaban J connectivity index is 0.000000222. The third kappa shape index (κ3) is 5.33. The molecule has 4 rings (SSSR count). The normalized spacial score (nSPS) is 15.5. The van der Waals surface area contributed by atoms with E-state index < -0.39 is 12.9 Å². The number of rotatable bonds is 5. The maximum Gasteiger partial charge on any atom is 0.217 e. The molecule has 164 valence electrons. The first kappa shape index (κ1) is 23.4. The number of benzene rings is 3. The van der Waals surface area contributed by atoms with Gasteiger partial charge >= 0.3 is 0 Å². The van der Waals surface area contributed by atoms with Crippen molar-refractivity contribution in [2.75, 3.05) is 0 Å². The summed E-state index contributed by atoms with van der Waals surface area (Å²) in [5.74, 6) is 2.41. The van der Waals surface area contributed by atoms with Gasteiger partial charge in [0.15, 0.2) is 0 Å². The van der Waals surface area contributed by atoms with Crippen LogP contribution in [0.25, 0.3) is 0 Å². The molecule has 0 fully saturated rings. The number of allylic oxidation sites excluding steroid dienone is 1. The summed E-state index contributed by atoms with van der Waals surface area (Å²) in [7, 11) is 0. The van der Waals surface area contributed by atoms with Gasteiger partial charge in [-0.05, 0) is 41.7 Å².